The molecule has 1 atom stereocenters. The maximum Gasteiger partial charge on any atom is 0.251 e. The predicted octanol–water partition coefficient (Wildman–Crippen LogP) is 3.22. The summed E-state index contributed by atoms with van der Waals surface area (Å²) in [7, 11) is -3.79. The van der Waals surface area contributed by atoms with Crippen LogP contribution in [0.3, 0.4) is 0 Å². The first-order valence-corrected chi connectivity index (χ1v) is 12.9. The smallest absolute Gasteiger partial charge is 0.251 e. The number of primary amides is 1. The van der Waals surface area contributed by atoms with E-state index >= 15 is 0 Å². The van der Waals surface area contributed by atoms with Crippen LogP contribution in [-0.4, -0.2) is 37.1 Å². The molecule has 0 saturated carbocycles. The minimum atomic E-state index is -3.79. The first kappa shape index (κ1) is 22.0. The third-order valence-electron chi connectivity index (χ3n) is 6.04. The van der Waals surface area contributed by atoms with Crippen molar-refractivity contribution in [3.63, 3.8) is 0 Å². The number of sulfonamides is 1. The highest BCUT2D eigenvalue weighted by Gasteiger charge is 2.40. The molecule has 1 unspecified atom stereocenters. The Hall–Kier alpha value is -2.23. The Balaban J connectivity index is 1.60. The van der Waals surface area contributed by atoms with Gasteiger partial charge in [-0.3, -0.25) is 9.59 Å². The molecule has 1 aliphatic carbocycles. The molecule has 2 amide bonds. The van der Waals surface area contributed by atoms with E-state index in [-0.39, 0.29) is 11.4 Å². The zero-order valence-corrected chi connectivity index (χ0v) is 19.2. The number of fused-ring (bicyclic) bond motifs is 1. The highest BCUT2D eigenvalue weighted by molar-refractivity contribution is 7.89. The van der Waals surface area contributed by atoms with E-state index in [0.29, 0.717) is 23.4 Å². The van der Waals surface area contributed by atoms with Crippen molar-refractivity contribution in [2.24, 2.45) is 5.73 Å². The lowest BCUT2D eigenvalue weighted by molar-refractivity contribution is -0.119. The molecule has 9 heteroatoms. The van der Waals surface area contributed by atoms with Crippen LogP contribution in [0, 0.1) is 6.92 Å². The molecule has 0 radical (unpaired) electrons. The number of anilines is 1. The number of carbonyl (C=O) groups excluding carboxylic acids is 2. The number of aryl methyl sites for hydroxylation is 2. The summed E-state index contributed by atoms with van der Waals surface area (Å²) in [5, 5.41) is 3.29. The SMILES string of the molecule is Cc1ccc(S(=O)(=O)N2CCCC2C(=O)Nc2sc3c(c2C(N)=O)CCCCC3)cc1. The fraction of sp³-hybridized carbons (Fsp3) is 0.455. The molecule has 0 spiro atoms. The van der Waals surface area contributed by atoms with E-state index in [0.717, 1.165) is 48.1 Å². The van der Waals surface area contributed by atoms with Gasteiger partial charge in [0.25, 0.3) is 5.91 Å². The highest BCUT2D eigenvalue weighted by Crippen LogP contribution is 2.38. The lowest BCUT2D eigenvalue weighted by atomic mass is 10.1. The van der Waals surface area contributed by atoms with E-state index < -0.39 is 27.9 Å². The molecule has 7 nitrogen and oxygen atoms in total. The van der Waals surface area contributed by atoms with Crippen molar-refractivity contribution in [1.29, 1.82) is 0 Å². The second-order valence-electron chi connectivity index (χ2n) is 8.21. The summed E-state index contributed by atoms with van der Waals surface area (Å²) in [6.07, 6.45) is 5.83. The molecule has 1 aromatic carbocycles. The van der Waals surface area contributed by atoms with Gasteiger partial charge in [0.05, 0.1) is 10.5 Å². The fourth-order valence-electron chi connectivity index (χ4n) is 4.42. The zero-order valence-electron chi connectivity index (χ0n) is 17.5. The van der Waals surface area contributed by atoms with E-state index in [1.54, 1.807) is 24.3 Å². The number of nitrogens with one attached hydrogen (secondary N) is 1. The van der Waals surface area contributed by atoms with Gasteiger partial charge in [-0.15, -0.1) is 11.3 Å². The molecule has 4 rings (SSSR count). The number of hydrogen-bond acceptors (Lipinski definition) is 5. The Morgan fingerprint density at radius 2 is 1.81 bits per heavy atom. The van der Waals surface area contributed by atoms with Gasteiger partial charge in [0.2, 0.25) is 15.9 Å². The van der Waals surface area contributed by atoms with Gasteiger partial charge in [0, 0.05) is 11.4 Å². The van der Waals surface area contributed by atoms with E-state index in [9.17, 15) is 18.0 Å². The van der Waals surface area contributed by atoms with E-state index in [1.807, 2.05) is 6.92 Å². The molecule has 1 aliphatic heterocycles. The largest absolute Gasteiger partial charge is 0.365 e. The lowest BCUT2D eigenvalue weighted by Crippen LogP contribution is -2.43. The van der Waals surface area contributed by atoms with Crippen molar-refractivity contribution in [3.05, 3.63) is 45.8 Å². The highest BCUT2D eigenvalue weighted by atomic mass is 32.2. The molecule has 0 bridgehead atoms. The van der Waals surface area contributed by atoms with Gasteiger partial charge in [0.1, 0.15) is 11.0 Å². The summed E-state index contributed by atoms with van der Waals surface area (Å²) in [5.74, 6) is -0.961. The fourth-order valence-corrected chi connectivity index (χ4v) is 7.38. The Morgan fingerprint density at radius 1 is 1.10 bits per heavy atom. The van der Waals surface area contributed by atoms with Crippen LogP contribution in [-0.2, 0) is 27.7 Å². The van der Waals surface area contributed by atoms with Crippen LogP contribution in [0.25, 0.3) is 0 Å². The Labute approximate surface area is 186 Å². The van der Waals surface area contributed by atoms with Crippen LogP contribution in [0.1, 0.15) is 58.5 Å². The average molecular weight is 462 g/mol. The van der Waals surface area contributed by atoms with Crippen LogP contribution < -0.4 is 11.1 Å². The van der Waals surface area contributed by atoms with Crippen molar-refractivity contribution < 1.29 is 18.0 Å². The topological polar surface area (TPSA) is 110 Å². The van der Waals surface area contributed by atoms with Crippen LogP contribution in [0.5, 0.6) is 0 Å². The molecule has 2 aromatic rings. The van der Waals surface area contributed by atoms with Gasteiger partial charge in [-0.1, -0.05) is 24.1 Å². The number of nitrogens with zero attached hydrogens (tertiary/aromatic N) is 1. The van der Waals surface area contributed by atoms with Crippen LogP contribution >= 0.6 is 11.3 Å². The Kier molecular flexibility index (Phi) is 6.18. The summed E-state index contributed by atoms with van der Waals surface area (Å²) in [4.78, 5) is 26.6. The number of thiophene rings is 1. The molecule has 2 aliphatic rings. The standard InChI is InChI=1S/C22H27N3O4S2/c1-14-9-11-15(12-10-14)31(28,29)25-13-5-7-17(25)21(27)24-22-19(20(23)26)16-6-3-2-4-8-18(16)30-22/h9-12,17H,2-8,13H2,1H3,(H2,23,26)(H,24,27). The normalized spacial score (nSPS) is 19.6. The maximum absolute atomic E-state index is 13.2. The van der Waals surface area contributed by atoms with Crippen molar-refractivity contribution in [2.45, 2.75) is 62.8 Å². The summed E-state index contributed by atoms with van der Waals surface area (Å²) >= 11 is 1.40. The Morgan fingerprint density at radius 3 is 2.52 bits per heavy atom. The van der Waals surface area contributed by atoms with Crippen LogP contribution in [0.2, 0.25) is 0 Å². The van der Waals surface area contributed by atoms with Crippen LogP contribution in [0.4, 0.5) is 5.00 Å². The van der Waals surface area contributed by atoms with Gasteiger partial charge >= 0.3 is 0 Å². The summed E-state index contributed by atoms with van der Waals surface area (Å²) in [6, 6.07) is 5.82. The molecule has 2 heterocycles. The second kappa shape index (κ2) is 8.72. The lowest BCUT2D eigenvalue weighted by Gasteiger charge is -2.23. The van der Waals surface area contributed by atoms with Crippen molar-refractivity contribution >= 4 is 38.2 Å². The first-order chi connectivity index (χ1) is 14.8. The third kappa shape index (κ3) is 4.26. The van der Waals surface area contributed by atoms with Crippen LogP contribution in [0.15, 0.2) is 29.2 Å². The summed E-state index contributed by atoms with van der Waals surface area (Å²) in [5.41, 5.74) is 7.96. The molecule has 166 valence electrons. The van der Waals surface area contributed by atoms with Gasteiger partial charge < -0.3 is 11.1 Å². The molecule has 1 fully saturated rings. The molecule has 1 saturated heterocycles. The Bertz CT molecular complexity index is 1110. The molecule has 31 heavy (non-hydrogen) atoms. The molecular formula is C22H27N3O4S2. The minimum Gasteiger partial charge on any atom is -0.365 e. The third-order valence-corrected chi connectivity index (χ3v) is 9.17. The number of hydrogen-bond donors (Lipinski definition) is 2. The van der Waals surface area contributed by atoms with Gasteiger partial charge in [-0.25, -0.2) is 8.42 Å². The minimum absolute atomic E-state index is 0.179. The first-order valence-electron chi connectivity index (χ1n) is 10.6. The van der Waals surface area contributed by atoms with Gasteiger partial charge in [0.15, 0.2) is 0 Å². The second-order valence-corrected chi connectivity index (χ2v) is 11.2. The summed E-state index contributed by atoms with van der Waals surface area (Å²) < 4.78 is 27.6. The van der Waals surface area contributed by atoms with E-state index in [2.05, 4.69) is 5.32 Å². The van der Waals surface area contributed by atoms with Crippen molar-refractivity contribution in [2.75, 3.05) is 11.9 Å². The molecule has 3 N–H and O–H groups in total. The number of amides is 2. The maximum atomic E-state index is 13.2. The van der Waals surface area contributed by atoms with E-state index in [1.165, 1.54) is 15.6 Å². The molecular weight excluding hydrogens is 434 g/mol. The predicted molar refractivity (Wildman–Crippen MR) is 121 cm³/mol. The summed E-state index contributed by atoms with van der Waals surface area (Å²) in [6.45, 7) is 2.18. The van der Waals surface area contributed by atoms with Gasteiger partial charge in [-0.2, -0.15) is 4.31 Å². The van der Waals surface area contributed by atoms with E-state index in [4.69, 9.17) is 5.73 Å². The monoisotopic (exact) mass is 461 g/mol. The van der Waals surface area contributed by atoms with Gasteiger partial charge in [-0.05, 0) is 63.1 Å². The zero-order chi connectivity index (χ0) is 22.2. The van der Waals surface area contributed by atoms with Crippen molar-refractivity contribution in [1.82, 2.24) is 4.31 Å². The quantitative estimate of drug-likeness (QED) is 0.666. The number of benzene rings is 1. The number of rotatable bonds is 5. The molecule has 1 aromatic heterocycles. The van der Waals surface area contributed by atoms with Crippen molar-refractivity contribution in [3.8, 4) is 0 Å². The number of nitrogens with two attached hydrogens (primary N) is 1. The number of carbonyl (C=O) groups is 2. The average Bonchev–Trinajstić information content (AvgIpc) is 3.28.